The molecule has 0 bridgehead atoms. The Morgan fingerprint density at radius 1 is 1.31 bits per heavy atom. The standard InChI is InChI=1S/C10H11ClF3NO/c11-8-4-6(9(16)1-2-15)3-7(5-8)10(12,13)14/h3-5,9,16H,1-2,15H2. The van der Waals surface area contributed by atoms with E-state index < -0.39 is 17.8 Å². The zero-order valence-corrected chi connectivity index (χ0v) is 9.02. The molecule has 0 aliphatic rings. The van der Waals surface area contributed by atoms with Crippen molar-refractivity contribution in [3.05, 3.63) is 34.3 Å². The highest BCUT2D eigenvalue weighted by molar-refractivity contribution is 6.30. The Labute approximate surface area is 95.8 Å². The molecule has 0 heterocycles. The summed E-state index contributed by atoms with van der Waals surface area (Å²) in [5.41, 5.74) is 4.47. The van der Waals surface area contributed by atoms with Gasteiger partial charge in [-0.25, -0.2) is 0 Å². The fraction of sp³-hybridized carbons (Fsp3) is 0.400. The quantitative estimate of drug-likeness (QED) is 0.870. The molecular weight excluding hydrogens is 243 g/mol. The molecule has 0 aliphatic carbocycles. The van der Waals surface area contributed by atoms with Gasteiger partial charge >= 0.3 is 6.18 Å². The van der Waals surface area contributed by atoms with Gasteiger partial charge in [0.2, 0.25) is 0 Å². The Balaban J connectivity index is 3.08. The summed E-state index contributed by atoms with van der Waals surface area (Å²) in [6.07, 6.45) is -5.30. The number of aliphatic hydroxyl groups is 1. The second-order valence-electron chi connectivity index (χ2n) is 3.36. The number of hydrogen-bond acceptors (Lipinski definition) is 2. The smallest absolute Gasteiger partial charge is 0.388 e. The largest absolute Gasteiger partial charge is 0.416 e. The molecule has 0 aliphatic heterocycles. The first-order valence-electron chi connectivity index (χ1n) is 4.60. The average molecular weight is 254 g/mol. The SMILES string of the molecule is NCCC(O)c1cc(Cl)cc(C(F)(F)F)c1. The summed E-state index contributed by atoms with van der Waals surface area (Å²) in [6, 6.07) is 3.00. The number of alkyl halides is 3. The third-order valence-corrected chi connectivity index (χ3v) is 2.29. The van der Waals surface area contributed by atoms with Crippen LogP contribution in [-0.4, -0.2) is 11.7 Å². The van der Waals surface area contributed by atoms with Crippen molar-refractivity contribution < 1.29 is 18.3 Å². The Morgan fingerprint density at radius 2 is 1.94 bits per heavy atom. The number of benzene rings is 1. The number of rotatable bonds is 3. The molecule has 0 fully saturated rings. The molecule has 16 heavy (non-hydrogen) atoms. The Morgan fingerprint density at radius 3 is 2.44 bits per heavy atom. The van der Waals surface area contributed by atoms with E-state index in [2.05, 4.69) is 0 Å². The number of hydrogen-bond donors (Lipinski definition) is 2. The molecule has 90 valence electrons. The first-order chi connectivity index (χ1) is 7.34. The van der Waals surface area contributed by atoms with Crippen LogP contribution in [0.4, 0.5) is 13.2 Å². The van der Waals surface area contributed by atoms with Gasteiger partial charge in [0.15, 0.2) is 0 Å². The van der Waals surface area contributed by atoms with Crippen molar-refractivity contribution in [3.8, 4) is 0 Å². The van der Waals surface area contributed by atoms with Gasteiger partial charge in [0, 0.05) is 5.02 Å². The van der Waals surface area contributed by atoms with Crippen molar-refractivity contribution in [3.63, 3.8) is 0 Å². The van der Waals surface area contributed by atoms with E-state index in [1.54, 1.807) is 0 Å². The van der Waals surface area contributed by atoms with Crippen LogP contribution in [0, 0.1) is 0 Å². The van der Waals surface area contributed by atoms with E-state index in [0.717, 1.165) is 12.1 Å². The Bertz CT molecular complexity index is 368. The molecule has 6 heteroatoms. The molecule has 0 spiro atoms. The van der Waals surface area contributed by atoms with E-state index in [1.807, 2.05) is 0 Å². The normalized spacial score (nSPS) is 13.9. The molecule has 1 aromatic rings. The first-order valence-corrected chi connectivity index (χ1v) is 4.98. The lowest BCUT2D eigenvalue weighted by Gasteiger charge is -2.13. The summed E-state index contributed by atoms with van der Waals surface area (Å²) in [5.74, 6) is 0. The lowest BCUT2D eigenvalue weighted by molar-refractivity contribution is -0.137. The fourth-order valence-corrected chi connectivity index (χ4v) is 1.54. The molecule has 0 saturated carbocycles. The molecule has 0 radical (unpaired) electrons. The van der Waals surface area contributed by atoms with Crippen LogP contribution in [-0.2, 0) is 6.18 Å². The minimum Gasteiger partial charge on any atom is -0.388 e. The van der Waals surface area contributed by atoms with Crippen molar-refractivity contribution in [2.24, 2.45) is 5.73 Å². The third kappa shape index (κ3) is 3.37. The van der Waals surface area contributed by atoms with Crippen molar-refractivity contribution in [1.82, 2.24) is 0 Å². The second kappa shape index (κ2) is 5.03. The van der Waals surface area contributed by atoms with Crippen molar-refractivity contribution >= 4 is 11.6 Å². The van der Waals surface area contributed by atoms with Crippen LogP contribution in [0.25, 0.3) is 0 Å². The van der Waals surface area contributed by atoms with Gasteiger partial charge in [-0.2, -0.15) is 13.2 Å². The Hall–Kier alpha value is -0.780. The lowest BCUT2D eigenvalue weighted by atomic mass is 10.0. The molecule has 1 rings (SSSR count). The van der Waals surface area contributed by atoms with Gasteiger partial charge in [0.05, 0.1) is 11.7 Å². The summed E-state index contributed by atoms with van der Waals surface area (Å²) >= 11 is 5.56. The lowest BCUT2D eigenvalue weighted by Crippen LogP contribution is -2.10. The summed E-state index contributed by atoms with van der Waals surface area (Å²) in [5, 5.41) is 9.47. The van der Waals surface area contributed by atoms with E-state index in [4.69, 9.17) is 17.3 Å². The molecule has 0 saturated heterocycles. The summed E-state index contributed by atoms with van der Waals surface area (Å²) in [6.45, 7) is 0.190. The number of aliphatic hydroxyl groups excluding tert-OH is 1. The van der Waals surface area contributed by atoms with Gasteiger partial charge in [-0.05, 0) is 36.7 Å². The molecule has 0 amide bonds. The van der Waals surface area contributed by atoms with Crippen molar-refractivity contribution in [2.45, 2.75) is 18.7 Å². The van der Waals surface area contributed by atoms with Gasteiger partial charge < -0.3 is 10.8 Å². The van der Waals surface area contributed by atoms with Gasteiger partial charge in [-0.15, -0.1) is 0 Å². The minimum absolute atomic E-state index is 0.0547. The van der Waals surface area contributed by atoms with Crippen LogP contribution in [0.1, 0.15) is 23.7 Å². The molecule has 3 N–H and O–H groups in total. The van der Waals surface area contributed by atoms with Gasteiger partial charge in [-0.1, -0.05) is 11.6 Å². The Kier molecular flexibility index (Phi) is 4.18. The monoisotopic (exact) mass is 253 g/mol. The van der Waals surface area contributed by atoms with Crippen LogP contribution in [0.2, 0.25) is 5.02 Å². The van der Waals surface area contributed by atoms with Crippen LogP contribution in [0.5, 0.6) is 0 Å². The van der Waals surface area contributed by atoms with E-state index in [1.165, 1.54) is 6.07 Å². The molecule has 1 atom stereocenters. The van der Waals surface area contributed by atoms with E-state index in [-0.39, 0.29) is 23.6 Å². The molecule has 1 aromatic carbocycles. The highest BCUT2D eigenvalue weighted by Gasteiger charge is 2.31. The predicted molar refractivity (Wildman–Crippen MR) is 55.1 cm³/mol. The van der Waals surface area contributed by atoms with Crippen LogP contribution in [0.3, 0.4) is 0 Å². The summed E-state index contributed by atoms with van der Waals surface area (Å²) in [4.78, 5) is 0. The second-order valence-corrected chi connectivity index (χ2v) is 3.80. The highest BCUT2D eigenvalue weighted by atomic mass is 35.5. The number of nitrogens with two attached hydrogens (primary N) is 1. The fourth-order valence-electron chi connectivity index (χ4n) is 1.29. The van der Waals surface area contributed by atoms with Crippen LogP contribution in [0.15, 0.2) is 18.2 Å². The third-order valence-electron chi connectivity index (χ3n) is 2.07. The van der Waals surface area contributed by atoms with Gasteiger partial charge in [-0.3, -0.25) is 0 Å². The van der Waals surface area contributed by atoms with Crippen LogP contribution >= 0.6 is 11.6 Å². The molecule has 0 aromatic heterocycles. The summed E-state index contributed by atoms with van der Waals surface area (Å²) < 4.78 is 37.3. The highest BCUT2D eigenvalue weighted by Crippen LogP contribution is 2.33. The molecular formula is C10H11ClF3NO. The van der Waals surface area contributed by atoms with E-state index in [0.29, 0.717) is 0 Å². The summed E-state index contributed by atoms with van der Waals surface area (Å²) in [7, 11) is 0. The molecule has 1 unspecified atom stereocenters. The first kappa shape index (κ1) is 13.3. The van der Waals surface area contributed by atoms with Crippen molar-refractivity contribution in [1.29, 1.82) is 0 Å². The van der Waals surface area contributed by atoms with Gasteiger partial charge in [0.1, 0.15) is 0 Å². The number of halogens is 4. The van der Waals surface area contributed by atoms with Crippen molar-refractivity contribution in [2.75, 3.05) is 6.54 Å². The zero-order chi connectivity index (χ0) is 12.3. The zero-order valence-electron chi connectivity index (χ0n) is 8.26. The minimum atomic E-state index is -4.47. The topological polar surface area (TPSA) is 46.2 Å². The van der Waals surface area contributed by atoms with E-state index in [9.17, 15) is 18.3 Å². The maximum absolute atomic E-state index is 12.4. The predicted octanol–water partition coefficient (Wildman–Crippen LogP) is 2.74. The maximum Gasteiger partial charge on any atom is 0.416 e. The van der Waals surface area contributed by atoms with E-state index >= 15 is 0 Å². The molecule has 2 nitrogen and oxygen atoms in total. The maximum atomic E-state index is 12.4. The van der Waals surface area contributed by atoms with Gasteiger partial charge in [0.25, 0.3) is 0 Å². The average Bonchev–Trinajstić information content (AvgIpc) is 2.16. The van der Waals surface area contributed by atoms with Crippen LogP contribution < -0.4 is 5.73 Å².